The molecule has 1 N–H and O–H groups in total. The van der Waals surface area contributed by atoms with E-state index in [-0.39, 0.29) is 6.42 Å². The fourth-order valence-electron chi connectivity index (χ4n) is 1.83. The van der Waals surface area contributed by atoms with Crippen LogP contribution in [0.25, 0.3) is 0 Å². The first-order chi connectivity index (χ1) is 6.20. The Morgan fingerprint density at radius 2 is 2.08 bits per heavy atom. The number of hydrogen-bond acceptors (Lipinski definition) is 3. The summed E-state index contributed by atoms with van der Waals surface area (Å²) in [5.74, 6) is 0. The Labute approximate surface area is 80.0 Å². The second-order valence-electron chi connectivity index (χ2n) is 3.90. The Kier molecular flexibility index (Phi) is 3.71. The molecule has 3 heteroatoms. The Balaban J connectivity index is 2.34. The topological polar surface area (TPSA) is 47.3 Å². The summed E-state index contributed by atoms with van der Waals surface area (Å²) in [6.07, 6.45) is 2.95. The largest absolute Gasteiger partial charge is 0.389 e. The summed E-state index contributed by atoms with van der Waals surface area (Å²) in [4.78, 5) is 2.35. The summed E-state index contributed by atoms with van der Waals surface area (Å²) in [6, 6.07) is 2.06. The van der Waals surface area contributed by atoms with Crippen LogP contribution in [0.4, 0.5) is 0 Å². The van der Waals surface area contributed by atoms with Crippen molar-refractivity contribution in [1.82, 2.24) is 4.90 Å². The lowest BCUT2D eigenvalue weighted by molar-refractivity contribution is -0.0170. The van der Waals surface area contributed by atoms with Gasteiger partial charge in [0.05, 0.1) is 18.1 Å². The Morgan fingerprint density at radius 1 is 1.46 bits per heavy atom. The molecule has 1 heterocycles. The van der Waals surface area contributed by atoms with Gasteiger partial charge in [0.25, 0.3) is 0 Å². The highest BCUT2D eigenvalue weighted by atomic mass is 16.3. The number of likely N-dealkylation sites (tertiary alicyclic amines) is 1. The molecule has 0 bridgehead atoms. The SMILES string of the molecule is CCCN1CCC(O)(CC#N)CC1. The number of nitrogens with zero attached hydrogens (tertiary/aromatic N) is 2. The van der Waals surface area contributed by atoms with Crippen molar-refractivity contribution in [3.63, 3.8) is 0 Å². The van der Waals surface area contributed by atoms with Crippen molar-refractivity contribution in [2.24, 2.45) is 0 Å². The lowest BCUT2D eigenvalue weighted by Gasteiger charge is -2.36. The highest BCUT2D eigenvalue weighted by molar-refractivity contribution is 4.92. The molecule has 0 amide bonds. The van der Waals surface area contributed by atoms with Crippen molar-refractivity contribution in [2.75, 3.05) is 19.6 Å². The molecule has 0 radical (unpaired) electrons. The zero-order valence-corrected chi connectivity index (χ0v) is 8.29. The minimum absolute atomic E-state index is 0.285. The van der Waals surface area contributed by atoms with Crippen molar-refractivity contribution >= 4 is 0 Å². The van der Waals surface area contributed by atoms with Gasteiger partial charge in [-0.05, 0) is 25.8 Å². The molecule has 0 saturated carbocycles. The Morgan fingerprint density at radius 3 is 2.54 bits per heavy atom. The fourth-order valence-corrected chi connectivity index (χ4v) is 1.83. The second kappa shape index (κ2) is 4.59. The third kappa shape index (κ3) is 2.98. The van der Waals surface area contributed by atoms with Gasteiger partial charge in [0.2, 0.25) is 0 Å². The summed E-state index contributed by atoms with van der Waals surface area (Å²) in [5.41, 5.74) is -0.695. The molecule has 13 heavy (non-hydrogen) atoms. The van der Waals surface area contributed by atoms with Crippen LogP contribution in [0, 0.1) is 11.3 Å². The third-order valence-electron chi connectivity index (χ3n) is 2.73. The first-order valence-electron chi connectivity index (χ1n) is 5.02. The van der Waals surface area contributed by atoms with E-state index in [2.05, 4.69) is 17.9 Å². The molecule has 0 unspecified atom stereocenters. The lowest BCUT2D eigenvalue weighted by Crippen LogP contribution is -2.44. The van der Waals surface area contributed by atoms with E-state index in [0.29, 0.717) is 0 Å². The van der Waals surface area contributed by atoms with Gasteiger partial charge in [0, 0.05) is 13.1 Å². The predicted molar refractivity (Wildman–Crippen MR) is 51.1 cm³/mol. The van der Waals surface area contributed by atoms with Crippen LogP contribution < -0.4 is 0 Å². The van der Waals surface area contributed by atoms with Crippen LogP contribution in [0.1, 0.15) is 32.6 Å². The molecule has 0 aromatic carbocycles. The molecule has 1 aliphatic heterocycles. The van der Waals surface area contributed by atoms with Gasteiger partial charge in [0.15, 0.2) is 0 Å². The average molecular weight is 182 g/mol. The second-order valence-corrected chi connectivity index (χ2v) is 3.90. The van der Waals surface area contributed by atoms with E-state index in [9.17, 15) is 5.11 Å². The van der Waals surface area contributed by atoms with Crippen LogP contribution >= 0.6 is 0 Å². The molecule has 1 rings (SSSR count). The van der Waals surface area contributed by atoms with Gasteiger partial charge in [-0.15, -0.1) is 0 Å². The first kappa shape index (κ1) is 10.5. The molecular weight excluding hydrogens is 164 g/mol. The number of nitriles is 1. The quantitative estimate of drug-likeness (QED) is 0.712. The van der Waals surface area contributed by atoms with Gasteiger partial charge in [0.1, 0.15) is 0 Å². The Bertz CT molecular complexity index is 190. The maximum absolute atomic E-state index is 9.91. The maximum atomic E-state index is 9.91. The van der Waals surface area contributed by atoms with E-state index >= 15 is 0 Å². The summed E-state index contributed by atoms with van der Waals surface area (Å²) in [6.45, 7) is 5.15. The van der Waals surface area contributed by atoms with Gasteiger partial charge in [-0.1, -0.05) is 6.92 Å². The predicted octanol–water partition coefficient (Wildman–Crippen LogP) is 1.14. The minimum atomic E-state index is -0.695. The molecule has 0 aromatic rings. The van der Waals surface area contributed by atoms with Crippen LogP contribution in [-0.2, 0) is 0 Å². The summed E-state index contributed by atoms with van der Waals surface area (Å²) in [7, 11) is 0. The lowest BCUT2D eigenvalue weighted by atomic mass is 9.89. The fraction of sp³-hybridized carbons (Fsp3) is 0.900. The van der Waals surface area contributed by atoms with Crippen LogP contribution in [-0.4, -0.2) is 35.2 Å². The van der Waals surface area contributed by atoms with E-state index in [1.54, 1.807) is 0 Å². The minimum Gasteiger partial charge on any atom is -0.389 e. The highest BCUT2D eigenvalue weighted by Crippen LogP contribution is 2.24. The number of aliphatic hydroxyl groups is 1. The smallest absolute Gasteiger partial charge is 0.0801 e. The van der Waals surface area contributed by atoms with Crippen molar-refractivity contribution in [2.45, 2.75) is 38.2 Å². The molecule has 0 atom stereocenters. The van der Waals surface area contributed by atoms with Crippen LogP contribution in [0.2, 0.25) is 0 Å². The summed E-state index contributed by atoms with van der Waals surface area (Å²) >= 11 is 0. The molecule has 0 spiro atoms. The molecular formula is C10H18N2O. The maximum Gasteiger partial charge on any atom is 0.0801 e. The molecule has 1 aliphatic rings. The highest BCUT2D eigenvalue weighted by Gasteiger charge is 2.31. The Hall–Kier alpha value is -0.590. The van der Waals surface area contributed by atoms with Gasteiger partial charge >= 0.3 is 0 Å². The number of hydrogen-bond donors (Lipinski definition) is 1. The van der Waals surface area contributed by atoms with Gasteiger partial charge in [-0.25, -0.2) is 0 Å². The molecule has 1 fully saturated rings. The van der Waals surface area contributed by atoms with Crippen molar-refractivity contribution in [3.8, 4) is 6.07 Å². The van der Waals surface area contributed by atoms with Crippen LogP contribution in [0.5, 0.6) is 0 Å². The molecule has 1 saturated heterocycles. The number of rotatable bonds is 3. The average Bonchev–Trinajstić information content (AvgIpc) is 2.10. The first-order valence-corrected chi connectivity index (χ1v) is 5.02. The molecule has 3 nitrogen and oxygen atoms in total. The zero-order valence-electron chi connectivity index (χ0n) is 8.29. The summed E-state index contributed by atoms with van der Waals surface area (Å²) < 4.78 is 0. The van der Waals surface area contributed by atoms with E-state index in [4.69, 9.17) is 5.26 Å². The van der Waals surface area contributed by atoms with Gasteiger partial charge in [-0.2, -0.15) is 5.26 Å². The standard InChI is InChI=1S/C10H18N2O/c1-2-7-12-8-4-10(13,3-6-11)5-9-12/h13H,2-5,7-9H2,1H3. The van der Waals surface area contributed by atoms with E-state index in [1.165, 1.54) is 0 Å². The monoisotopic (exact) mass is 182 g/mol. The van der Waals surface area contributed by atoms with Crippen molar-refractivity contribution in [3.05, 3.63) is 0 Å². The zero-order chi connectivity index (χ0) is 9.73. The molecule has 74 valence electrons. The van der Waals surface area contributed by atoms with E-state index < -0.39 is 5.60 Å². The van der Waals surface area contributed by atoms with E-state index in [1.807, 2.05) is 0 Å². The normalized spacial score (nSPS) is 22.5. The molecule has 0 aliphatic carbocycles. The van der Waals surface area contributed by atoms with Gasteiger partial charge in [-0.3, -0.25) is 0 Å². The van der Waals surface area contributed by atoms with Crippen LogP contribution in [0.15, 0.2) is 0 Å². The van der Waals surface area contributed by atoms with Gasteiger partial charge < -0.3 is 10.0 Å². The van der Waals surface area contributed by atoms with Crippen LogP contribution in [0.3, 0.4) is 0 Å². The third-order valence-corrected chi connectivity index (χ3v) is 2.73. The number of piperidine rings is 1. The molecule has 0 aromatic heterocycles. The summed E-state index contributed by atoms with van der Waals surface area (Å²) in [5, 5.41) is 18.4. The van der Waals surface area contributed by atoms with Crippen molar-refractivity contribution < 1.29 is 5.11 Å². The van der Waals surface area contributed by atoms with E-state index in [0.717, 1.165) is 38.9 Å². The van der Waals surface area contributed by atoms with Crippen molar-refractivity contribution in [1.29, 1.82) is 5.26 Å².